The first-order valence-electron chi connectivity index (χ1n) is 7.71. The zero-order valence-corrected chi connectivity index (χ0v) is 13.4. The molecule has 3 aromatic rings. The highest BCUT2D eigenvalue weighted by molar-refractivity contribution is 7.13. The van der Waals surface area contributed by atoms with Crippen LogP contribution in [0.3, 0.4) is 0 Å². The topological polar surface area (TPSA) is 81.4 Å². The highest BCUT2D eigenvalue weighted by atomic mass is 32.1. The molecule has 118 valence electrons. The van der Waals surface area contributed by atoms with Crippen molar-refractivity contribution < 1.29 is 0 Å². The zero-order valence-electron chi connectivity index (χ0n) is 12.6. The van der Waals surface area contributed by atoms with Crippen molar-refractivity contribution in [3.05, 3.63) is 41.4 Å². The Morgan fingerprint density at radius 2 is 2.22 bits per heavy atom. The van der Waals surface area contributed by atoms with Crippen LogP contribution < -0.4 is 5.32 Å². The van der Waals surface area contributed by atoms with Crippen LogP contribution >= 0.6 is 11.3 Å². The van der Waals surface area contributed by atoms with Crippen LogP contribution in [0.15, 0.2) is 30.0 Å². The second-order valence-corrected chi connectivity index (χ2v) is 6.46. The van der Waals surface area contributed by atoms with Gasteiger partial charge in [-0.1, -0.05) is 5.21 Å². The summed E-state index contributed by atoms with van der Waals surface area (Å²) in [5, 5.41) is 14.8. The van der Waals surface area contributed by atoms with Gasteiger partial charge in [0.2, 0.25) is 0 Å². The molecule has 0 aliphatic carbocycles. The Balaban J connectivity index is 1.46. The molecule has 1 aliphatic heterocycles. The average molecular weight is 327 g/mol. The summed E-state index contributed by atoms with van der Waals surface area (Å²) < 4.78 is 1.86. The molecule has 1 aliphatic rings. The van der Waals surface area contributed by atoms with E-state index in [0.717, 1.165) is 29.5 Å². The largest absolute Gasteiger partial charge is 0.316 e. The second kappa shape index (κ2) is 6.51. The van der Waals surface area contributed by atoms with Gasteiger partial charge in [0.25, 0.3) is 0 Å². The fraction of sp³-hybridized carbons (Fsp3) is 0.400. The van der Waals surface area contributed by atoms with Crippen molar-refractivity contribution in [3.63, 3.8) is 0 Å². The predicted octanol–water partition coefficient (Wildman–Crippen LogP) is 1.71. The van der Waals surface area contributed by atoms with Gasteiger partial charge in [-0.05, 0) is 25.5 Å². The molecular weight excluding hydrogens is 310 g/mol. The van der Waals surface area contributed by atoms with Crippen LogP contribution in [-0.2, 0) is 6.54 Å². The van der Waals surface area contributed by atoms with Gasteiger partial charge in [0, 0.05) is 36.4 Å². The van der Waals surface area contributed by atoms with Crippen LogP contribution in [0, 0.1) is 0 Å². The predicted molar refractivity (Wildman–Crippen MR) is 87.1 cm³/mol. The molecule has 0 aromatic carbocycles. The smallest absolute Gasteiger partial charge is 0.188 e. The molecule has 1 atom stereocenters. The number of hydrogen-bond donors (Lipinski definition) is 1. The third kappa shape index (κ3) is 3.27. The maximum atomic E-state index is 4.59. The SMILES string of the molecule is c1cnc(-c2nc(Cn3cc([C@H]4CCCNC4)nn3)cs2)nc1. The molecule has 0 radical (unpaired) electrons. The van der Waals surface area contributed by atoms with Crippen molar-refractivity contribution in [1.29, 1.82) is 0 Å². The minimum absolute atomic E-state index is 0.473. The molecule has 0 bridgehead atoms. The molecule has 0 amide bonds. The van der Waals surface area contributed by atoms with E-state index in [9.17, 15) is 0 Å². The molecule has 7 nitrogen and oxygen atoms in total. The van der Waals surface area contributed by atoms with Gasteiger partial charge >= 0.3 is 0 Å². The van der Waals surface area contributed by atoms with Gasteiger partial charge < -0.3 is 5.32 Å². The molecule has 3 aromatic heterocycles. The van der Waals surface area contributed by atoms with Crippen LogP contribution in [0.1, 0.15) is 30.1 Å². The lowest BCUT2D eigenvalue weighted by Gasteiger charge is -2.20. The first-order chi connectivity index (χ1) is 11.4. The first-order valence-corrected chi connectivity index (χ1v) is 8.59. The van der Waals surface area contributed by atoms with Gasteiger partial charge in [-0.25, -0.2) is 19.6 Å². The van der Waals surface area contributed by atoms with Gasteiger partial charge in [-0.2, -0.15) is 0 Å². The molecule has 4 rings (SSSR count). The third-order valence-corrected chi connectivity index (χ3v) is 4.79. The number of piperidine rings is 1. The number of rotatable bonds is 4. The summed E-state index contributed by atoms with van der Waals surface area (Å²) >= 11 is 1.55. The van der Waals surface area contributed by atoms with E-state index in [1.807, 2.05) is 16.3 Å². The van der Waals surface area contributed by atoms with Crippen molar-refractivity contribution >= 4 is 11.3 Å². The molecule has 0 spiro atoms. The fourth-order valence-corrected chi connectivity index (χ4v) is 3.50. The molecule has 1 N–H and O–H groups in total. The van der Waals surface area contributed by atoms with E-state index in [4.69, 9.17) is 0 Å². The number of hydrogen-bond acceptors (Lipinski definition) is 7. The number of nitrogens with one attached hydrogen (secondary N) is 1. The summed E-state index contributed by atoms with van der Waals surface area (Å²) in [6, 6.07) is 1.80. The molecule has 23 heavy (non-hydrogen) atoms. The normalized spacial score (nSPS) is 18.2. The lowest BCUT2D eigenvalue weighted by atomic mass is 9.97. The van der Waals surface area contributed by atoms with Crippen molar-refractivity contribution in [2.45, 2.75) is 25.3 Å². The summed E-state index contributed by atoms with van der Waals surface area (Å²) in [5.41, 5.74) is 2.02. The Morgan fingerprint density at radius 3 is 3.04 bits per heavy atom. The van der Waals surface area contributed by atoms with E-state index in [2.05, 4.69) is 30.6 Å². The van der Waals surface area contributed by atoms with E-state index in [1.54, 1.807) is 29.8 Å². The third-order valence-electron chi connectivity index (χ3n) is 3.90. The van der Waals surface area contributed by atoms with Crippen LogP contribution in [0.5, 0.6) is 0 Å². The van der Waals surface area contributed by atoms with Gasteiger partial charge in [0.15, 0.2) is 10.8 Å². The van der Waals surface area contributed by atoms with Gasteiger partial charge in [0.1, 0.15) is 0 Å². The Hall–Kier alpha value is -2.19. The van der Waals surface area contributed by atoms with Crippen LogP contribution in [0.4, 0.5) is 0 Å². The molecule has 0 unspecified atom stereocenters. The lowest BCUT2D eigenvalue weighted by molar-refractivity contribution is 0.454. The zero-order chi connectivity index (χ0) is 15.5. The average Bonchev–Trinajstić information content (AvgIpc) is 3.27. The minimum atomic E-state index is 0.473. The Kier molecular flexibility index (Phi) is 4.08. The van der Waals surface area contributed by atoms with E-state index in [-0.39, 0.29) is 0 Å². The fourth-order valence-electron chi connectivity index (χ4n) is 2.74. The summed E-state index contributed by atoms with van der Waals surface area (Å²) in [5.74, 6) is 1.14. The Labute approximate surface area is 137 Å². The summed E-state index contributed by atoms with van der Waals surface area (Å²) in [6.45, 7) is 2.72. The monoisotopic (exact) mass is 327 g/mol. The molecular formula is C15H17N7S. The standard InChI is InChI=1S/C15H17N7S/c1-3-11(7-16-4-1)13-9-22(21-20-13)8-12-10-23-15(19-12)14-17-5-2-6-18-14/h2,5-6,9-11,16H,1,3-4,7-8H2/t11-/m0/s1. The van der Waals surface area contributed by atoms with Crippen molar-refractivity contribution in [3.8, 4) is 10.8 Å². The van der Waals surface area contributed by atoms with E-state index in [0.29, 0.717) is 18.3 Å². The lowest BCUT2D eigenvalue weighted by Crippen LogP contribution is -2.28. The molecule has 1 fully saturated rings. The molecule has 4 heterocycles. The first kappa shape index (κ1) is 14.4. The Morgan fingerprint density at radius 1 is 1.30 bits per heavy atom. The van der Waals surface area contributed by atoms with E-state index in [1.165, 1.54) is 12.8 Å². The van der Waals surface area contributed by atoms with Crippen LogP contribution in [-0.4, -0.2) is 43.0 Å². The number of aromatic nitrogens is 6. The van der Waals surface area contributed by atoms with Crippen molar-refractivity contribution in [2.24, 2.45) is 0 Å². The summed E-state index contributed by atoms with van der Waals surface area (Å²) in [6.07, 6.45) is 7.87. The maximum Gasteiger partial charge on any atom is 0.188 e. The van der Waals surface area contributed by atoms with Crippen molar-refractivity contribution in [2.75, 3.05) is 13.1 Å². The van der Waals surface area contributed by atoms with E-state index >= 15 is 0 Å². The highest BCUT2D eigenvalue weighted by Crippen LogP contribution is 2.22. The van der Waals surface area contributed by atoms with E-state index < -0.39 is 0 Å². The molecule has 1 saturated heterocycles. The van der Waals surface area contributed by atoms with Crippen molar-refractivity contribution in [1.82, 2.24) is 35.3 Å². The minimum Gasteiger partial charge on any atom is -0.316 e. The molecule has 8 heteroatoms. The number of nitrogens with zero attached hydrogens (tertiary/aromatic N) is 6. The summed E-state index contributed by atoms with van der Waals surface area (Å²) in [4.78, 5) is 13.0. The number of thiazole rings is 1. The van der Waals surface area contributed by atoms with Gasteiger partial charge in [-0.15, -0.1) is 16.4 Å². The van der Waals surface area contributed by atoms with Gasteiger partial charge in [0.05, 0.1) is 17.9 Å². The Bertz CT molecular complexity index is 761. The summed E-state index contributed by atoms with van der Waals surface area (Å²) in [7, 11) is 0. The van der Waals surface area contributed by atoms with Gasteiger partial charge in [-0.3, -0.25) is 0 Å². The van der Waals surface area contributed by atoms with Crippen LogP contribution in [0.2, 0.25) is 0 Å². The quantitative estimate of drug-likeness (QED) is 0.785. The van der Waals surface area contributed by atoms with Crippen LogP contribution in [0.25, 0.3) is 10.8 Å². The molecule has 0 saturated carbocycles. The highest BCUT2D eigenvalue weighted by Gasteiger charge is 2.18. The second-order valence-electron chi connectivity index (χ2n) is 5.60. The maximum absolute atomic E-state index is 4.59.